The summed E-state index contributed by atoms with van der Waals surface area (Å²) in [5.74, 6) is 1.94. The molecular weight excluding hydrogens is 204 g/mol. The van der Waals surface area contributed by atoms with Crippen molar-refractivity contribution in [3.8, 4) is 0 Å². The Balaban J connectivity index is 2.82. The highest BCUT2D eigenvalue weighted by Crippen LogP contribution is 2.17. The van der Waals surface area contributed by atoms with Crippen molar-refractivity contribution in [2.24, 2.45) is 0 Å². The summed E-state index contributed by atoms with van der Waals surface area (Å²) in [5, 5.41) is 12.6. The van der Waals surface area contributed by atoms with E-state index in [1.54, 1.807) is 0 Å². The quantitative estimate of drug-likeness (QED) is 0.697. The van der Waals surface area contributed by atoms with Crippen LogP contribution in [0.1, 0.15) is 31.7 Å². The zero-order chi connectivity index (χ0) is 12.1. The summed E-state index contributed by atoms with van der Waals surface area (Å²) in [7, 11) is 0. The molecule has 1 atom stereocenters. The number of anilines is 2. The van der Waals surface area contributed by atoms with E-state index in [4.69, 9.17) is 5.73 Å². The fourth-order valence-electron chi connectivity index (χ4n) is 1.27. The lowest BCUT2D eigenvalue weighted by Gasteiger charge is -2.13. The Labute approximate surface area is 96.1 Å². The van der Waals surface area contributed by atoms with Crippen LogP contribution in [-0.2, 0) is 6.42 Å². The fraction of sp³-hybridized carbons (Fsp3) is 0.636. The van der Waals surface area contributed by atoms with Gasteiger partial charge in [0.05, 0.1) is 6.10 Å². The van der Waals surface area contributed by atoms with Crippen LogP contribution in [0.2, 0.25) is 0 Å². The molecule has 0 aliphatic carbocycles. The number of rotatable bonds is 5. The molecule has 90 valence electrons. The number of nitrogens with one attached hydrogen (secondary N) is 1. The van der Waals surface area contributed by atoms with Gasteiger partial charge in [0.25, 0.3) is 0 Å². The van der Waals surface area contributed by atoms with Crippen LogP contribution in [0.3, 0.4) is 0 Å². The van der Waals surface area contributed by atoms with Gasteiger partial charge in [-0.3, -0.25) is 0 Å². The number of aliphatic hydroxyl groups excluding tert-OH is 1. The van der Waals surface area contributed by atoms with Gasteiger partial charge in [-0.2, -0.15) is 0 Å². The van der Waals surface area contributed by atoms with E-state index in [-0.39, 0.29) is 6.10 Å². The second-order valence-corrected chi connectivity index (χ2v) is 3.80. The van der Waals surface area contributed by atoms with Gasteiger partial charge in [0.2, 0.25) is 0 Å². The van der Waals surface area contributed by atoms with Crippen LogP contribution in [0.5, 0.6) is 0 Å². The standard InChI is InChI=1S/C11H20N4O/c1-4-8(16)6-13-11-7(3)10(12)14-9(5-2)15-11/h8,16H,4-6H2,1-3H3,(H3,12,13,14,15). The van der Waals surface area contributed by atoms with E-state index in [1.807, 2.05) is 20.8 Å². The molecule has 0 amide bonds. The van der Waals surface area contributed by atoms with E-state index in [1.165, 1.54) is 0 Å². The molecule has 1 rings (SSSR count). The first-order chi connectivity index (χ1) is 7.58. The number of hydrogen-bond acceptors (Lipinski definition) is 5. The number of nitrogens with two attached hydrogens (primary N) is 1. The topological polar surface area (TPSA) is 84.1 Å². The summed E-state index contributed by atoms with van der Waals surface area (Å²) in [5.41, 5.74) is 6.62. The van der Waals surface area contributed by atoms with Crippen molar-refractivity contribution >= 4 is 11.6 Å². The molecule has 0 saturated carbocycles. The number of aromatic nitrogens is 2. The van der Waals surface area contributed by atoms with Crippen LogP contribution < -0.4 is 11.1 Å². The molecule has 16 heavy (non-hydrogen) atoms. The highest BCUT2D eigenvalue weighted by Gasteiger charge is 2.08. The Morgan fingerprint density at radius 2 is 2.06 bits per heavy atom. The first-order valence-corrected chi connectivity index (χ1v) is 5.63. The summed E-state index contributed by atoms with van der Waals surface area (Å²) in [4.78, 5) is 8.51. The average Bonchev–Trinajstić information content (AvgIpc) is 2.30. The van der Waals surface area contributed by atoms with E-state index in [9.17, 15) is 5.11 Å². The van der Waals surface area contributed by atoms with Crippen LogP contribution in [0, 0.1) is 6.92 Å². The number of nitrogens with zero attached hydrogens (tertiary/aromatic N) is 2. The van der Waals surface area contributed by atoms with Crippen LogP contribution in [0.25, 0.3) is 0 Å². The molecule has 1 unspecified atom stereocenters. The highest BCUT2D eigenvalue weighted by molar-refractivity contribution is 5.54. The molecule has 0 radical (unpaired) electrons. The summed E-state index contributed by atoms with van der Waals surface area (Å²) in [6, 6.07) is 0. The van der Waals surface area contributed by atoms with Crippen LogP contribution >= 0.6 is 0 Å². The second-order valence-electron chi connectivity index (χ2n) is 3.80. The molecule has 1 aromatic heterocycles. The van der Waals surface area contributed by atoms with E-state index >= 15 is 0 Å². The Kier molecular flexibility index (Phi) is 4.49. The van der Waals surface area contributed by atoms with Gasteiger partial charge in [0.15, 0.2) is 0 Å². The second kappa shape index (κ2) is 5.65. The summed E-state index contributed by atoms with van der Waals surface area (Å²) < 4.78 is 0. The largest absolute Gasteiger partial charge is 0.391 e. The van der Waals surface area contributed by atoms with Crippen LogP contribution in [-0.4, -0.2) is 27.7 Å². The lowest BCUT2D eigenvalue weighted by atomic mass is 10.2. The Hall–Kier alpha value is -1.36. The average molecular weight is 224 g/mol. The van der Waals surface area contributed by atoms with Gasteiger partial charge in [-0.15, -0.1) is 0 Å². The van der Waals surface area contributed by atoms with Gasteiger partial charge >= 0.3 is 0 Å². The molecule has 0 aliphatic rings. The van der Waals surface area contributed by atoms with E-state index in [0.29, 0.717) is 18.8 Å². The molecule has 0 bridgehead atoms. The monoisotopic (exact) mass is 224 g/mol. The Morgan fingerprint density at radius 1 is 1.38 bits per heavy atom. The highest BCUT2D eigenvalue weighted by atomic mass is 16.3. The first kappa shape index (κ1) is 12.7. The lowest BCUT2D eigenvalue weighted by molar-refractivity contribution is 0.183. The minimum absolute atomic E-state index is 0.360. The molecule has 1 heterocycles. The van der Waals surface area contributed by atoms with E-state index in [0.717, 1.165) is 23.6 Å². The van der Waals surface area contributed by atoms with Gasteiger partial charge in [-0.05, 0) is 13.3 Å². The molecule has 0 aromatic carbocycles. The molecular formula is C11H20N4O. The maximum atomic E-state index is 9.47. The SMILES string of the molecule is CCc1nc(N)c(C)c(NCC(O)CC)n1. The van der Waals surface area contributed by atoms with Crippen LogP contribution in [0.15, 0.2) is 0 Å². The molecule has 5 heteroatoms. The molecule has 0 aliphatic heterocycles. The summed E-state index contributed by atoms with van der Waals surface area (Å²) in [6.45, 7) is 6.27. The van der Waals surface area contributed by atoms with Gasteiger partial charge in [0, 0.05) is 18.5 Å². The molecule has 1 aromatic rings. The molecule has 0 saturated heterocycles. The molecule has 5 nitrogen and oxygen atoms in total. The Morgan fingerprint density at radius 3 is 2.62 bits per heavy atom. The normalized spacial score (nSPS) is 12.5. The van der Waals surface area contributed by atoms with Crippen molar-refractivity contribution < 1.29 is 5.11 Å². The van der Waals surface area contributed by atoms with Crippen molar-refractivity contribution in [3.63, 3.8) is 0 Å². The van der Waals surface area contributed by atoms with Crippen molar-refractivity contribution in [3.05, 3.63) is 11.4 Å². The smallest absolute Gasteiger partial charge is 0.134 e. The third-order valence-corrected chi connectivity index (χ3v) is 2.52. The van der Waals surface area contributed by atoms with Gasteiger partial charge in [-0.25, -0.2) is 9.97 Å². The van der Waals surface area contributed by atoms with E-state index in [2.05, 4.69) is 15.3 Å². The number of aliphatic hydroxyl groups is 1. The van der Waals surface area contributed by atoms with Crippen molar-refractivity contribution in [2.45, 2.75) is 39.7 Å². The molecule has 4 N–H and O–H groups in total. The predicted octanol–water partition coefficient (Wildman–Crippen LogP) is 1.11. The zero-order valence-corrected chi connectivity index (χ0v) is 10.1. The third kappa shape index (κ3) is 3.06. The number of nitrogen functional groups attached to an aromatic ring is 1. The fourth-order valence-corrected chi connectivity index (χ4v) is 1.27. The third-order valence-electron chi connectivity index (χ3n) is 2.52. The minimum atomic E-state index is -0.360. The number of aryl methyl sites for hydroxylation is 1. The lowest BCUT2D eigenvalue weighted by Crippen LogP contribution is -2.20. The molecule has 0 spiro atoms. The number of hydrogen-bond donors (Lipinski definition) is 3. The van der Waals surface area contributed by atoms with Crippen molar-refractivity contribution in [1.82, 2.24) is 9.97 Å². The van der Waals surface area contributed by atoms with Crippen molar-refractivity contribution in [1.29, 1.82) is 0 Å². The first-order valence-electron chi connectivity index (χ1n) is 5.63. The molecule has 0 fully saturated rings. The van der Waals surface area contributed by atoms with Crippen LogP contribution in [0.4, 0.5) is 11.6 Å². The van der Waals surface area contributed by atoms with Gasteiger partial charge in [-0.1, -0.05) is 13.8 Å². The summed E-state index contributed by atoms with van der Waals surface area (Å²) in [6.07, 6.45) is 1.10. The minimum Gasteiger partial charge on any atom is -0.391 e. The zero-order valence-electron chi connectivity index (χ0n) is 10.1. The van der Waals surface area contributed by atoms with Gasteiger partial charge in [0.1, 0.15) is 17.5 Å². The maximum absolute atomic E-state index is 9.47. The Bertz CT molecular complexity index is 354. The van der Waals surface area contributed by atoms with Gasteiger partial charge < -0.3 is 16.2 Å². The van der Waals surface area contributed by atoms with E-state index < -0.39 is 0 Å². The summed E-state index contributed by atoms with van der Waals surface area (Å²) >= 11 is 0. The predicted molar refractivity (Wildman–Crippen MR) is 65.3 cm³/mol. The van der Waals surface area contributed by atoms with Crippen molar-refractivity contribution in [2.75, 3.05) is 17.6 Å². The maximum Gasteiger partial charge on any atom is 0.134 e.